The number of benzene rings is 1. The molecule has 0 aliphatic carbocycles. The van der Waals surface area contributed by atoms with Crippen molar-refractivity contribution < 1.29 is 0 Å². The van der Waals surface area contributed by atoms with E-state index in [2.05, 4.69) is 39.1 Å². The van der Waals surface area contributed by atoms with Crippen LogP contribution in [0.15, 0.2) is 22.7 Å². The van der Waals surface area contributed by atoms with E-state index >= 15 is 0 Å². The average molecular weight is 322 g/mol. The molecular formula is C15H20BrN3. The predicted molar refractivity (Wildman–Crippen MR) is 82.2 cm³/mol. The number of nitrogens with zero attached hydrogens (tertiary/aromatic N) is 2. The summed E-state index contributed by atoms with van der Waals surface area (Å²) < 4.78 is 0.944. The number of anilines is 1. The van der Waals surface area contributed by atoms with Gasteiger partial charge >= 0.3 is 0 Å². The summed E-state index contributed by atoms with van der Waals surface area (Å²) in [4.78, 5) is 2.52. The van der Waals surface area contributed by atoms with Crippen LogP contribution in [0.4, 0.5) is 5.69 Å². The van der Waals surface area contributed by atoms with Crippen molar-refractivity contribution in [3.63, 3.8) is 0 Å². The van der Waals surface area contributed by atoms with E-state index in [1.54, 1.807) is 0 Å². The van der Waals surface area contributed by atoms with Gasteiger partial charge in [-0.2, -0.15) is 5.26 Å². The Kier molecular flexibility index (Phi) is 5.24. The number of nitriles is 1. The number of nitrogens with one attached hydrogen (secondary N) is 1. The number of likely N-dealkylation sites (tertiary alicyclic amines) is 1. The Morgan fingerprint density at radius 3 is 2.74 bits per heavy atom. The van der Waals surface area contributed by atoms with Gasteiger partial charge in [-0.3, -0.25) is 0 Å². The van der Waals surface area contributed by atoms with Crippen molar-refractivity contribution >= 4 is 21.6 Å². The third kappa shape index (κ3) is 4.52. The fourth-order valence-corrected chi connectivity index (χ4v) is 3.09. The van der Waals surface area contributed by atoms with Crippen molar-refractivity contribution in [2.45, 2.75) is 32.2 Å². The molecule has 1 aliphatic rings. The highest BCUT2D eigenvalue weighted by Crippen LogP contribution is 2.20. The molecule has 1 fully saturated rings. The molecule has 1 aromatic rings. The van der Waals surface area contributed by atoms with Crippen molar-refractivity contribution in [2.75, 3.05) is 25.0 Å². The van der Waals surface area contributed by atoms with Gasteiger partial charge in [0, 0.05) is 22.7 Å². The van der Waals surface area contributed by atoms with Crippen LogP contribution >= 0.6 is 15.9 Å². The molecule has 1 saturated heterocycles. The molecule has 1 unspecified atom stereocenters. The average Bonchev–Trinajstić information content (AvgIpc) is 2.38. The highest BCUT2D eigenvalue weighted by molar-refractivity contribution is 9.10. The molecule has 102 valence electrons. The van der Waals surface area contributed by atoms with Crippen LogP contribution in [-0.2, 0) is 0 Å². The molecule has 19 heavy (non-hydrogen) atoms. The molecule has 0 saturated carbocycles. The Morgan fingerprint density at radius 1 is 1.32 bits per heavy atom. The maximum absolute atomic E-state index is 8.97. The lowest BCUT2D eigenvalue weighted by molar-refractivity contribution is 0.223. The minimum atomic E-state index is 0.388. The maximum Gasteiger partial charge on any atom is 0.0992 e. The van der Waals surface area contributed by atoms with Gasteiger partial charge < -0.3 is 10.2 Å². The second-order valence-electron chi connectivity index (χ2n) is 5.25. The third-order valence-corrected chi connectivity index (χ3v) is 3.88. The van der Waals surface area contributed by atoms with Crippen LogP contribution in [0.3, 0.4) is 0 Å². The van der Waals surface area contributed by atoms with E-state index in [0.717, 1.165) is 16.7 Å². The fourth-order valence-electron chi connectivity index (χ4n) is 2.60. The molecule has 1 atom stereocenters. The first-order chi connectivity index (χ1) is 9.17. The molecule has 3 nitrogen and oxygen atoms in total. The van der Waals surface area contributed by atoms with Crippen molar-refractivity contribution in [3.8, 4) is 6.07 Å². The molecule has 1 N–H and O–H groups in total. The molecule has 1 aliphatic heterocycles. The molecule has 0 radical (unpaired) electrons. The zero-order valence-corrected chi connectivity index (χ0v) is 12.9. The lowest BCUT2D eigenvalue weighted by Gasteiger charge is -2.29. The predicted octanol–water partition coefficient (Wildman–Crippen LogP) is 3.61. The summed E-state index contributed by atoms with van der Waals surface area (Å²) in [6.07, 6.45) is 4.01. The molecule has 2 rings (SSSR count). The molecule has 1 aromatic carbocycles. The van der Waals surface area contributed by atoms with E-state index in [4.69, 9.17) is 5.26 Å². The third-order valence-electron chi connectivity index (χ3n) is 3.42. The van der Waals surface area contributed by atoms with Crippen LogP contribution in [0.1, 0.15) is 31.7 Å². The summed E-state index contributed by atoms with van der Waals surface area (Å²) in [6, 6.07) is 8.33. The summed E-state index contributed by atoms with van der Waals surface area (Å²) in [5.74, 6) is 0. The zero-order valence-electron chi connectivity index (χ0n) is 11.3. The van der Waals surface area contributed by atoms with Crippen LogP contribution in [0.2, 0.25) is 0 Å². The van der Waals surface area contributed by atoms with Crippen molar-refractivity contribution in [3.05, 3.63) is 28.2 Å². The monoisotopic (exact) mass is 321 g/mol. The Labute approximate surface area is 123 Å². The minimum Gasteiger partial charge on any atom is -0.381 e. The Morgan fingerprint density at radius 2 is 2.05 bits per heavy atom. The first-order valence-corrected chi connectivity index (χ1v) is 7.66. The SMILES string of the molecule is CC(CN1CCCCC1)Nc1cc(Br)cc(C#N)c1. The maximum atomic E-state index is 8.97. The second-order valence-corrected chi connectivity index (χ2v) is 6.16. The lowest BCUT2D eigenvalue weighted by Crippen LogP contribution is -2.38. The van der Waals surface area contributed by atoms with Crippen LogP contribution in [0.25, 0.3) is 0 Å². The Hall–Kier alpha value is -1.05. The molecule has 1 heterocycles. The summed E-state index contributed by atoms with van der Waals surface area (Å²) in [5.41, 5.74) is 1.69. The van der Waals surface area contributed by atoms with E-state index < -0.39 is 0 Å². The molecule has 0 bridgehead atoms. The highest BCUT2D eigenvalue weighted by atomic mass is 79.9. The first-order valence-electron chi connectivity index (χ1n) is 6.87. The minimum absolute atomic E-state index is 0.388. The second kappa shape index (κ2) is 6.93. The molecular weight excluding hydrogens is 302 g/mol. The molecule has 0 aromatic heterocycles. The topological polar surface area (TPSA) is 39.1 Å². The highest BCUT2D eigenvalue weighted by Gasteiger charge is 2.13. The van der Waals surface area contributed by atoms with Crippen LogP contribution in [0.5, 0.6) is 0 Å². The van der Waals surface area contributed by atoms with Crippen molar-refractivity contribution in [1.29, 1.82) is 5.26 Å². The first kappa shape index (κ1) is 14.4. The smallest absolute Gasteiger partial charge is 0.0992 e. The summed E-state index contributed by atoms with van der Waals surface area (Å²) in [7, 11) is 0. The van der Waals surface area contributed by atoms with E-state index in [0.29, 0.717) is 11.6 Å². The number of halogens is 1. The van der Waals surface area contributed by atoms with E-state index in [1.165, 1.54) is 32.4 Å². The van der Waals surface area contributed by atoms with Crippen LogP contribution < -0.4 is 5.32 Å². The zero-order chi connectivity index (χ0) is 13.7. The van der Waals surface area contributed by atoms with Gasteiger partial charge in [0.05, 0.1) is 11.6 Å². The van der Waals surface area contributed by atoms with Gasteiger partial charge in [-0.05, 0) is 51.1 Å². The van der Waals surface area contributed by atoms with Gasteiger partial charge in [0.25, 0.3) is 0 Å². The number of hydrogen-bond acceptors (Lipinski definition) is 3. The quantitative estimate of drug-likeness (QED) is 0.920. The Bertz CT molecular complexity index is 461. The van der Waals surface area contributed by atoms with Gasteiger partial charge in [-0.1, -0.05) is 22.4 Å². The number of piperidine rings is 1. The van der Waals surface area contributed by atoms with E-state index in [-0.39, 0.29) is 0 Å². The standard InChI is InChI=1S/C15H20BrN3/c1-12(11-19-5-3-2-4-6-19)18-15-8-13(10-17)7-14(16)9-15/h7-9,12,18H,2-6,11H2,1H3. The number of hydrogen-bond donors (Lipinski definition) is 1. The van der Waals surface area contributed by atoms with E-state index in [1.807, 2.05) is 18.2 Å². The summed E-state index contributed by atoms with van der Waals surface area (Å²) in [6.45, 7) is 5.69. The summed E-state index contributed by atoms with van der Waals surface area (Å²) in [5, 5.41) is 12.5. The lowest BCUT2D eigenvalue weighted by atomic mass is 10.1. The van der Waals surface area contributed by atoms with E-state index in [9.17, 15) is 0 Å². The van der Waals surface area contributed by atoms with Gasteiger partial charge in [0.2, 0.25) is 0 Å². The van der Waals surface area contributed by atoms with Gasteiger partial charge in [-0.25, -0.2) is 0 Å². The van der Waals surface area contributed by atoms with Crippen molar-refractivity contribution in [2.24, 2.45) is 0 Å². The normalized spacial score (nSPS) is 17.7. The molecule has 0 spiro atoms. The Balaban J connectivity index is 1.92. The largest absolute Gasteiger partial charge is 0.381 e. The van der Waals surface area contributed by atoms with Crippen LogP contribution in [0, 0.1) is 11.3 Å². The van der Waals surface area contributed by atoms with Gasteiger partial charge in [-0.15, -0.1) is 0 Å². The summed E-state index contributed by atoms with van der Waals surface area (Å²) >= 11 is 3.44. The van der Waals surface area contributed by atoms with Gasteiger partial charge in [0.1, 0.15) is 0 Å². The van der Waals surface area contributed by atoms with Gasteiger partial charge in [0.15, 0.2) is 0 Å². The molecule has 4 heteroatoms. The number of rotatable bonds is 4. The molecule has 0 amide bonds. The fraction of sp³-hybridized carbons (Fsp3) is 0.533. The van der Waals surface area contributed by atoms with Crippen LogP contribution in [-0.4, -0.2) is 30.6 Å². The van der Waals surface area contributed by atoms with Crippen molar-refractivity contribution in [1.82, 2.24) is 4.90 Å².